The normalized spacial score (nSPS) is 18.2. The molecule has 1 fully saturated rings. The number of pyridine rings is 1. The summed E-state index contributed by atoms with van der Waals surface area (Å²) in [5, 5.41) is 2.80. The first-order chi connectivity index (χ1) is 13.2. The molecule has 0 spiro atoms. The number of nitrogens with one attached hydrogen (secondary N) is 1. The first-order valence-corrected chi connectivity index (χ1v) is 8.14. The molecule has 1 amide bonds. The summed E-state index contributed by atoms with van der Waals surface area (Å²) in [7, 11) is 0. The van der Waals surface area contributed by atoms with Gasteiger partial charge in [0.2, 0.25) is 0 Å². The largest absolute Gasteiger partial charge is 0.437 e. The summed E-state index contributed by atoms with van der Waals surface area (Å²) >= 11 is 0. The van der Waals surface area contributed by atoms with Gasteiger partial charge >= 0.3 is 6.09 Å². The molecule has 27 heavy (non-hydrogen) atoms. The summed E-state index contributed by atoms with van der Waals surface area (Å²) in [6.45, 7) is 0. The zero-order chi connectivity index (χ0) is 18.6. The molecule has 0 bridgehead atoms. The predicted octanol–water partition coefficient (Wildman–Crippen LogP) is 2.93. The fourth-order valence-corrected chi connectivity index (χ4v) is 2.81. The van der Waals surface area contributed by atoms with E-state index >= 15 is 0 Å². The average molecular weight is 360 g/mol. The Morgan fingerprint density at radius 1 is 1.07 bits per heavy atom. The molecule has 1 aliphatic rings. The molecule has 0 saturated carbocycles. The Hall–Kier alpha value is -3.79. The van der Waals surface area contributed by atoms with Crippen molar-refractivity contribution in [1.29, 1.82) is 0 Å². The summed E-state index contributed by atoms with van der Waals surface area (Å²) in [6, 6.07) is 10.0. The molecule has 132 valence electrons. The monoisotopic (exact) mass is 360 g/mol. The molecule has 1 aromatic carbocycles. The molecule has 3 aromatic rings. The van der Waals surface area contributed by atoms with E-state index in [0.717, 1.165) is 17.3 Å². The fraction of sp³-hybridized carbons (Fsp3) is 0.100. The number of hydrogen-bond acceptors (Lipinski definition) is 5. The maximum Gasteiger partial charge on any atom is 0.408 e. The van der Waals surface area contributed by atoms with Gasteiger partial charge in [0.15, 0.2) is 6.10 Å². The predicted molar refractivity (Wildman–Crippen MR) is 93.7 cm³/mol. The summed E-state index contributed by atoms with van der Waals surface area (Å²) in [6.07, 6.45) is 4.56. The molecule has 1 saturated heterocycles. The first kappa shape index (κ1) is 16.7. The van der Waals surface area contributed by atoms with E-state index in [1.54, 1.807) is 12.3 Å². The number of halogens is 1. The van der Waals surface area contributed by atoms with E-state index in [0.29, 0.717) is 11.3 Å². The highest BCUT2D eigenvalue weighted by Gasteiger charge is 2.37. The topological polar surface area (TPSA) is 77.0 Å². The van der Waals surface area contributed by atoms with Crippen LogP contribution >= 0.6 is 0 Å². The third kappa shape index (κ3) is 3.75. The average Bonchev–Trinajstić information content (AvgIpc) is 3.09. The number of ether oxygens (including phenoxy) is 1. The van der Waals surface area contributed by atoms with E-state index in [4.69, 9.17) is 4.74 Å². The second kappa shape index (κ2) is 7.22. The van der Waals surface area contributed by atoms with Crippen LogP contribution in [0.25, 0.3) is 0 Å². The number of hydrogen-bond donors (Lipinski definition) is 1. The molecular weight excluding hydrogens is 347 g/mol. The van der Waals surface area contributed by atoms with Gasteiger partial charge in [0, 0.05) is 23.5 Å². The molecule has 1 aliphatic heterocycles. The molecule has 6 nitrogen and oxygen atoms in total. The quantitative estimate of drug-likeness (QED) is 0.711. The van der Waals surface area contributed by atoms with Gasteiger partial charge in [-0.25, -0.2) is 19.2 Å². The van der Waals surface area contributed by atoms with Gasteiger partial charge < -0.3 is 10.1 Å². The number of aromatic nitrogens is 3. The number of carbonyl (C=O) groups excluding carboxylic acids is 1. The number of carbonyl (C=O) groups is 1. The van der Waals surface area contributed by atoms with Crippen LogP contribution in [0.5, 0.6) is 0 Å². The fourth-order valence-electron chi connectivity index (χ4n) is 2.81. The number of rotatable bonds is 2. The SMILES string of the molecule is O=C1N[C@H](c2cccc(C#Cc3cncc(F)c3)c2)[C@@H](c2ccncn2)O1. The van der Waals surface area contributed by atoms with Crippen LogP contribution in [0.3, 0.4) is 0 Å². The van der Waals surface area contributed by atoms with Crippen LogP contribution in [-0.2, 0) is 4.74 Å². The Balaban J connectivity index is 1.63. The van der Waals surface area contributed by atoms with Crippen molar-refractivity contribution in [2.45, 2.75) is 12.1 Å². The molecule has 3 heterocycles. The van der Waals surface area contributed by atoms with Crippen molar-refractivity contribution in [1.82, 2.24) is 20.3 Å². The minimum absolute atomic E-state index is 0.398. The van der Waals surface area contributed by atoms with Gasteiger partial charge in [-0.15, -0.1) is 0 Å². The van der Waals surface area contributed by atoms with Gasteiger partial charge in [-0.1, -0.05) is 24.0 Å². The van der Waals surface area contributed by atoms with Gasteiger partial charge in [-0.05, 0) is 29.8 Å². The van der Waals surface area contributed by atoms with Crippen molar-refractivity contribution >= 4 is 6.09 Å². The molecule has 2 atom stereocenters. The van der Waals surface area contributed by atoms with Crippen LogP contribution < -0.4 is 5.32 Å². The Bertz CT molecular complexity index is 1050. The summed E-state index contributed by atoms with van der Waals surface area (Å²) < 4.78 is 18.6. The molecule has 0 radical (unpaired) electrons. The van der Waals surface area contributed by atoms with Crippen molar-refractivity contribution in [3.8, 4) is 11.8 Å². The number of amides is 1. The lowest BCUT2D eigenvalue weighted by Crippen LogP contribution is -2.20. The second-order valence-electron chi connectivity index (χ2n) is 5.85. The van der Waals surface area contributed by atoms with Crippen LogP contribution in [0.1, 0.15) is 34.5 Å². The number of alkyl carbamates (subject to hydrolysis) is 1. The van der Waals surface area contributed by atoms with Crippen molar-refractivity contribution in [2.24, 2.45) is 0 Å². The Morgan fingerprint density at radius 2 is 1.96 bits per heavy atom. The van der Waals surface area contributed by atoms with E-state index in [1.807, 2.05) is 24.3 Å². The lowest BCUT2D eigenvalue weighted by Gasteiger charge is -2.16. The highest BCUT2D eigenvalue weighted by molar-refractivity contribution is 5.71. The lowest BCUT2D eigenvalue weighted by atomic mass is 9.98. The zero-order valence-electron chi connectivity index (χ0n) is 14.0. The van der Waals surface area contributed by atoms with Gasteiger partial charge in [0.05, 0.1) is 11.9 Å². The molecule has 0 aliphatic carbocycles. The third-order valence-corrected chi connectivity index (χ3v) is 4.01. The number of nitrogens with zero attached hydrogens (tertiary/aromatic N) is 3. The Morgan fingerprint density at radius 3 is 2.78 bits per heavy atom. The van der Waals surface area contributed by atoms with Crippen molar-refractivity contribution < 1.29 is 13.9 Å². The van der Waals surface area contributed by atoms with Gasteiger partial charge in [-0.3, -0.25) is 4.98 Å². The summed E-state index contributed by atoms with van der Waals surface area (Å²) in [4.78, 5) is 23.6. The number of cyclic esters (lactones) is 1. The van der Waals surface area contributed by atoms with E-state index in [1.165, 1.54) is 18.6 Å². The summed E-state index contributed by atoms with van der Waals surface area (Å²) in [5.41, 5.74) is 2.64. The molecular formula is C20H13FN4O2. The van der Waals surface area contributed by atoms with Crippen molar-refractivity contribution in [2.75, 3.05) is 0 Å². The van der Waals surface area contributed by atoms with Crippen LogP contribution in [0, 0.1) is 17.7 Å². The highest BCUT2D eigenvalue weighted by atomic mass is 19.1. The third-order valence-electron chi connectivity index (χ3n) is 4.01. The maximum atomic E-state index is 13.2. The Kier molecular flexibility index (Phi) is 4.45. The van der Waals surface area contributed by atoms with E-state index in [-0.39, 0.29) is 0 Å². The minimum Gasteiger partial charge on any atom is -0.437 e. The van der Waals surface area contributed by atoms with E-state index in [2.05, 4.69) is 32.1 Å². The van der Waals surface area contributed by atoms with Crippen molar-refractivity contribution in [3.05, 3.63) is 89.5 Å². The van der Waals surface area contributed by atoms with Crippen molar-refractivity contribution in [3.63, 3.8) is 0 Å². The van der Waals surface area contributed by atoms with Gasteiger partial charge in [0.25, 0.3) is 0 Å². The molecule has 1 N–H and O–H groups in total. The second-order valence-corrected chi connectivity index (χ2v) is 5.85. The van der Waals surface area contributed by atoms with Gasteiger partial charge in [0.1, 0.15) is 18.2 Å². The van der Waals surface area contributed by atoms with Crippen LogP contribution in [0.2, 0.25) is 0 Å². The minimum atomic E-state index is -0.559. The summed E-state index contributed by atoms with van der Waals surface area (Å²) in [5.74, 6) is 5.43. The smallest absolute Gasteiger partial charge is 0.408 e. The van der Waals surface area contributed by atoms with Crippen LogP contribution in [0.15, 0.2) is 61.3 Å². The number of benzene rings is 1. The standard InChI is InChI=1S/C20H13FN4O2/c21-16-9-14(10-23-11-16)5-4-13-2-1-3-15(8-13)18-19(27-20(26)25-18)17-6-7-22-12-24-17/h1-3,6-12,18-19H,(H,25,26)/t18-,19-/m1/s1. The molecule has 4 rings (SSSR count). The zero-order valence-corrected chi connectivity index (χ0v) is 14.0. The van der Waals surface area contributed by atoms with E-state index in [9.17, 15) is 9.18 Å². The highest BCUT2D eigenvalue weighted by Crippen LogP contribution is 2.35. The molecule has 2 aromatic heterocycles. The Labute approximate surface area is 154 Å². The molecule has 7 heteroatoms. The van der Waals surface area contributed by atoms with E-state index < -0.39 is 24.1 Å². The lowest BCUT2D eigenvalue weighted by molar-refractivity contribution is 0.129. The van der Waals surface area contributed by atoms with Gasteiger partial charge in [-0.2, -0.15) is 0 Å². The maximum absolute atomic E-state index is 13.2. The van der Waals surface area contributed by atoms with Crippen LogP contribution in [0.4, 0.5) is 9.18 Å². The first-order valence-electron chi connectivity index (χ1n) is 8.14. The van der Waals surface area contributed by atoms with Crippen LogP contribution in [-0.4, -0.2) is 21.0 Å². The molecule has 0 unspecified atom stereocenters.